The second-order valence-electron chi connectivity index (χ2n) is 7.99. The van der Waals surface area contributed by atoms with Crippen LogP contribution in [-0.2, 0) is 16.6 Å². The molecule has 0 fully saturated rings. The highest BCUT2D eigenvalue weighted by molar-refractivity contribution is 7.92. The van der Waals surface area contributed by atoms with Crippen LogP contribution in [0.1, 0.15) is 21.5 Å². The van der Waals surface area contributed by atoms with Gasteiger partial charge in [-0.05, 0) is 79.6 Å². The van der Waals surface area contributed by atoms with Gasteiger partial charge in [-0.15, -0.1) is 6.58 Å². The van der Waals surface area contributed by atoms with Gasteiger partial charge in [-0.2, -0.15) is 4.99 Å². The maximum Gasteiger partial charge on any atom is 0.279 e. The fourth-order valence-electron chi connectivity index (χ4n) is 3.70. The molecule has 3 aromatic carbocycles. The lowest BCUT2D eigenvalue weighted by Gasteiger charge is -2.09. The van der Waals surface area contributed by atoms with Crippen molar-refractivity contribution in [1.29, 1.82) is 0 Å². The number of benzene rings is 3. The number of ether oxygens (including phenoxy) is 1. The zero-order chi connectivity index (χ0) is 25.2. The Morgan fingerprint density at radius 3 is 2.43 bits per heavy atom. The molecule has 0 aliphatic heterocycles. The molecule has 1 N–H and O–H groups in total. The number of fused-ring (bicyclic) bond motifs is 1. The van der Waals surface area contributed by atoms with E-state index < -0.39 is 15.9 Å². The van der Waals surface area contributed by atoms with E-state index in [9.17, 15) is 13.2 Å². The van der Waals surface area contributed by atoms with E-state index in [2.05, 4.69) is 28.4 Å². The van der Waals surface area contributed by atoms with Crippen LogP contribution in [0.2, 0.25) is 0 Å². The number of sulfonamides is 1. The quantitative estimate of drug-likeness (QED) is 0.354. The number of aryl methyl sites for hydroxylation is 2. The Hall–Kier alpha value is -3.69. The maximum absolute atomic E-state index is 12.9. The van der Waals surface area contributed by atoms with Gasteiger partial charge in [0.15, 0.2) is 4.80 Å². The van der Waals surface area contributed by atoms with Gasteiger partial charge in [0.25, 0.3) is 15.9 Å². The molecule has 0 bridgehead atoms. The Balaban J connectivity index is 1.61. The van der Waals surface area contributed by atoms with Crippen molar-refractivity contribution < 1.29 is 17.9 Å². The first-order chi connectivity index (χ1) is 16.7. The zero-order valence-corrected chi connectivity index (χ0v) is 21.2. The van der Waals surface area contributed by atoms with Gasteiger partial charge in [0.2, 0.25) is 0 Å². The highest BCUT2D eigenvalue weighted by Gasteiger charge is 2.15. The molecule has 0 aliphatic carbocycles. The van der Waals surface area contributed by atoms with Crippen LogP contribution < -0.4 is 14.3 Å². The molecule has 35 heavy (non-hydrogen) atoms. The van der Waals surface area contributed by atoms with Gasteiger partial charge in [0, 0.05) is 17.8 Å². The molecule has 180 valence electrons. The van der Waals surface area contributed by atoms with Crippen molar-refractivity contribution in [2.45, 2.75) is 25.3 Å². The molecular formula is C26H25N3O4S2. The van der Waals surface area contributed by atoms with E-state index in [-0.39, 0.29) is 4.90 Å². The number of hydrogen-bond donors (Lipinski definition) is 1. The monoisotopic (exact) mass is 507 g/mol. The van der Waals surface area contributed by atoms with Gasteiger partial charge in [-0.3, -0.25) is 9.52 Å². The Morgan fingerprint density at radius 2 is 1.80 bits per heavy atom. The molecule has 0 atom stereocenters. The summed E-state index contributed by atoms with van der Waals surface area (Å²) in [5.74, 6) is 0.155. The third kappa shape index (κ3) is 5.21. The van der Waals surface area contributed by atoms with Crippen molar-refractivity contribution in [1.82, 2.24) is 4.57 Å². The lowest BCUT2D eigenvalue weighted by Crippen LogP contribution is -2.16. The molecule has 0 saturated heterocycles. The standard InChI is InChI=1S/C26H25N3O4S2/c1-5-14-29-23-16-17(2)15-18(3)24(23)34-26(29)27-25(30)19-6-8-20(9-7-19)28-35(31,32)22-12-10-21(33-4)11-13-22/h5-13,15-16,28H,1,14H2,2-4H3. The third-order valence-electron chi connectivity index (χ3n) is 5.38. The number of nitrogens with one attached hydrogen (secondary N) is 1. The lowest BCUT2D eigenvalue weighted by molar-refractivity contribution is 0.0998. The van der Waals surface area contributed by atoms with Gasteiger partial charge < -0.3 is 9.30 Å². The minimum atomic E-state index is -3.78. The molecule has 1 aromatic heterocycles. The molecular weight excluding hydrogens is 482 g/mol. The fourth-order valence-corrected chi connectivity index (χ4v) is 5.85. The molecule has 0 radical (unpaired) electrons. The zero-order valence-electron chi connectivity index (χ0n) is 19.6. The van der Waals surface area contributed by atoms with Crippen molar-refractivity contribution in [3.63, 3.8) is 0 Å². The highest BCUT2D eigenvalue weighted by atomic mass is 32.2. The number of allylic oxidation sites excluding steroid dienone is 1. The number of anilines is 1. The van der Waals surface area contributed by atoms with E-state index in [1.54, 1.807) is 42.5 Å². The minimum absolute atomic E-state index is 0.107. The normalized spacial score (nSPS) is 12.0. The van der Waals surface area contributed by atoms with E-state index in [0.29, 0.717) is 28.3 Å². The summed E-state index contributed by atoms with van der Waals surface area (Å²) in [6.45, 7) is 8.44. The molecule has 0 aliphatic rings. The van der Waals surface area contributed by atoms with E-state index in [0.717, 1.165) is 21.3 Å². The lowest BCUT2D eigenvalue weighted by atomic mass is 10.1. The summed E-state index contributed by atoms with van der Waals surface area (Å²) in [7, 11) is -2.27. The van der Waals surface area contributed by atoms with Crippen LogP contribution >= 0.6 is 11.3 Å². The topological polar surface area (TPSA) is 89.8 Å². The molecule has 9 heteroatoms. The Bertz CT molecular complexity index is 1580. The van der Waals surface area contributed by atoms with Crippen LogP contribution in [0.15, 0.2) is 83.2 Å². The molecule has 4 aromatic rings. The molecule has 0 saturated carbocycles. The number of methoxy groups -OCH3 is 1. The summed E-state index contributed by atoms with van der Waals surface area (Å²) in [6.07, 6.45) is 1.77. The van der Waals surface area contributed by atoms with Crippen LogP contribution in [0, 0.1) is 13.8 Å². The van der Waals surface area contributed by atoms with Crippen LogP contribution in [0.3, 0.4) is 0 Å². The number of rotatable bonds is 7. The average Bonchev–Trinajstić information content (AvgIpc) is 3.16. The highest BCUT2D eigenvalue weighted by Crippen LogP contribution is 2.24. The van der Waals surface area contributed by atoms with Crippen molar-refractivity contribution in [2.75, 3.05) is 11.8 Å². The number of thiazole rings is 1. The van der Waals surface area contributed by atoms with Gasteiger partial charge in [-0.1, -0.05) is 23.5 Å². The minimum Gasteiger partial charge on any atom is -0.497 e. The van der Waals surface area contributed by atoms with E-state index in [4.69, 9.17) is 4.74 Å². The van der Waals surface area contributed by atoms with E-state index in [1.165, 1.54) is 30.6 Å². The fraction of sp³-hybridized carbons (Fsp3) is 0.154. The maximum atomic E-state index is 12.9. The van der Waals surface area contributed by atoms with Crippen molar-refractivity contribution in [2.24, 2.45) is 4.99 Å². The first-order valence-electron chi connectivity index (χ1n) is 10.8. The summed E-state index contributed by atoms with van der Waals surface area (Å²) in [4.78, 5) is 18.0. The van der Waals surface area contributed by atoms with Crippen LogP contribution in [0.5, 0.6) is 5.75 Å². The number of hydrogen-bond acceptors (Lipinski definition) is 5. The molecule has 1 amide bonds. The number of carbonyl (C=O) groups excluding carboxylic acids is 1. The van der Waals surface area contributed by atoms with Crippen LogP contribution in [0.25, 0.3) is 10.2 Å². The van der Waals surface area contributed by atoms with Crippen molar-refractivity contribution >= 4 is 43.2 Å². The summed E-state index contributed by atoms with van der Waals surface area (Å²) in [6, 6.07) is 16.5. The number of aromatic nitrogens is 1. The molecule has 0 spiro atoms. The first-order valence-corrected chi connectivity index (χ1v) is 13.1. The third-order valence-corrected chi connectivity index (χ3v) is 8.00. The summed E-state index contributed by atoms with van der Waals surface area (Å²) in [5, 5.41) is 0. The molecule has 1 heterocycles. The Morgan fingerprint density at radius 1 is 1.11 bits per heavy atom. The first kappa shape index (κ1) is 24.4. The van der Waals surface area contributed by atoms with Crippen LogP contribution in [-0.4, -0.2) is 26.0 Å². The van der Waals surface area contributed by atoms with Gasteiger partial charge in [-0.25, -0.2) is 8.42 Å². The van der Waals surface area contributed by atoms with Crippen LogP contribution in [0.4, 0.5) is 5.69 Å². The van der Waals surface area contributed by atoms with Gasteiger partial charge in [0.1, 0.15) is 5.75 Å². The summed E-state index contributed by atoms with van der Waals surface area (Å²) >= 11 is 1.46. The number of carbonyl (C=O) groups is 1. The van der Waals surface area contributed by atoms with Crippen molar-refractivity contribution in [3.05, 3.63) is 94.8 Å². The van der Waals surface area contributed by atoms with E-state index in [1.807, 2.05) is 18.4 Å². The second kappa shape index (κ2) is 9.89. The average molecular weight is 508 g/mol. The number of amides is 1. The predicted octanol–water partition coefficient (Wildman–Crippen LogP) is 5.06. The van der Waals surface area contributed by atoms with Gasteiger partial charge in [0.05, 0.1) is 22.2 Å². The summed E-state index contributed by atoms with van der Waals surface area (Å²) in [5.41, 5.74) is 3.98. The molecule has 7 nitrogen and oxygen atoms in total. The molecule has 4 rings (SSSR count). The summed E-state index contributed by atoms with van der Waals surface area (Å²) < 4.78 is 35.9. The Kier molecular flexibility index (Phi) is 6.90. The smallest absolute Gasteiger partial charge is 0.279 e. The molecule has 0 unspecified atom stereocenters. The second-order valence-corrected chi connectivity index (χ2v) is 10.6. The van der Waals surface area contributed by atoms with Crippen molar-refractivity contribution in [3.8, 4) is 5.75 Å². The predicted molar refractivity (Wildman–Crippen MR) is 140 cm³/mol. The SMILES string of the molecule is C=CCn1c(=NC(=O)c2ccc(NS(=O)(=O)c3ccc(OC)cc3)cc2)sc2c(C)cc(C)cc21. The number of nitrogens with zero attached hydrogens (tertiary/aromatic N) is 2. The Labute approximate surface area is 208 Å². The van der Waals surface area contributed by atoms with Gasteiger partial charge >= 0.3 is 0 Å². The van der Waals surface area contributed by atoms with E-state index >= 15 is 0 Å². The largest absolute Gasteiger partial charge is 0.497 e.